The van der Waals surface area contributed by atoms with E-state index in [4.69, 9.17) is 0 Å². The van der Waals surface area contributed by atoms with Crippen molar-refractivity contribution >= 4 is 11.9 Å². The summed E-state index contributed by atoms with van der Waals surface area (Å²) in [5, 5.41) is 6.25. The summed E-state index contributed by atoms with van der Waals surface area (Å²) in [6, 6.07) is 6.21. The fraction of sp³-hybridized carbons (Fsp3) is 0.619. The fourth-order valence-corrected chi connectivity index (χ4v) is 3.98. The molecule has 0 aliphatic carbocycles. The number of hydrogen-bond donors (Lipinski definition) is 2. The van der Waals surface area contributed by atoms with Crippen LogP contribution in [0.1, 0.15) is 38.3 Å². The van der Waals surface area contributed by atoms with E-state index in [2.05, 4.69) is 24.5 Å². The van der Waals surface area contributed by atoms with Crippen molar-refractivity contribution in [3.8, 4) is 0 Å². The van der Waals surface area contributed by atoms with E-state index in [0.717, 1.165) is 24.9 Å². The molecule has 1 aromatic carbocycles. The predicted octanol–water partition coefficient (Wildman–Crippen LogP) is 2.38. The van der Waals surface area contributed by atoms with Crippen molar-refractivity contribution in [2.75, 3.05) is 39.3 Å². The highest BCUT2D eigenvalue weighted by atomic mass is 19.1. The zero-order valence-corrected chi connectivity index (χ0v) is 16.8. The minimum atomic E-state index is -0.291. The number of hydrogen-bond acceptors (Lipinski definition) is 3. The van der Waals surface area contributed by atoms with E-state index in [1.54, 1.807) is 11.0 Å². The van der Waals surface area contributed by atoms with Crippen molar-refractivity contribution in [2.45, 2.75) is 32.7 Å². The number of amides is 3. The molecule has 2 unspecified atom stereocenters. The molecule has 2 heterocycles. The maximum absolute atomic E-state index is 13.7. The van der Waals surface area contributed by atoms with Crippen LogP contribution in [-0.2, 0) is 4.79 Å². The molecule has 2 atom stereocenters. The molecule has 3 amide bonds. The molecule has 0 saturated carbocycles. The third kappa shape index (κ3) is 5.01. The minimum absolute atomic E-state index is 0.0668. The lowest BCUT2D eigenvalue weighted by Gasteiger charge is -2.41. The summed E-state index contributed by atoms with van der Waals surface area (Å²) in [6.07, 6.45) is 1.61. The van der Waals surface area contributed by atoms with Gasteiger partial charge in [-0.05, 0) is 36.5 Å². The molecule has 2 N–H and O–H groups in total. The zero-order valence-electron chi connectivity index (χ0n) is 16.8. The van der Waals surface area contributed by atoms with Gasteiger partial charge in [0.05, 0.1) is 12.0 Å². The van der Waals surface area contributed by atoms with E-state index >= 15 is 0 Å². The molecule has 2 saturated heterocycles. The van der Waals surface area contributed by atoms with Gasteiger partial charge in [-0.25, -0.2) is 9.18 Å². The highest BCUT2D eigenvalue weighted by molar-refractivity contribution is 5.81. The number of nitrogens with zero attached hydrogens (tertiary/aromatic N) is 2. The van der Waals surface area contributed by atoms with Gasteiger partial charge in [0.15, 0.2) is 0 Å². The summed E-state index contributed by atoms with van der Waals surface area (Å²) in [7, 11) is 0. The Kier molecular flexibility index (Phi) is 6.88. The standard InChI is InChI=1S/C21H31FN4O2/c1-15(2)12-24-21(28)25-9-4-6-17(14-25)20(27)26-10-8-23-13-19(26)16-5-3-7-18(22)11-16/h3,5,7,11,15,17,19,23H,4,6,8-10,12-14H2,1-2H3,(H,24,28). The summed E-state index contributed by atoms with van der Waals surface area (Å²) >= 11 is 0. The van der Waals surface area contributed by atoms with Gasteiger partial charge < -0.3 is 20.4 Å². The van der Waals surface area contributed by atoms with Crippen molar-refractivity contribution in [2.24, 2.45) is 11.8 Å². The van der Waals surface area contributed by atoms with Crippen LogP contribution in [0.3, 0.4) is 0 Å². The third-order valence-electron chi connectivity index (χ3n) is 5.48. The molecule has 6 nitrogen and oxygen atoms in total. The van der Waals surface area contributed by atoms with E-state index in [9.17, 15) is 14.0 Å². The molecule has 28 heavy (non-hydrogen) atoms. The second kappa shape index (κ2) is 9.37. The number of rotatable bonds is 4. The number of likely N-dealkylation sites (tertiary alicyclic amines) is 1. The molecular formula is C21H31FN4O2. The first kappa shape index (κ1) is 20.6. The third-order valence-corrected chi connectivity index (χ3v) is 5.48. The van der Waals surface area contributed by atoms with Crippen LogP contribution < -0.4 is 10.6 Å². The van der Waals surface area contributed by atoms with Gasteiger partial charge in [-0.3, -0.25) is 4.79 Å². The smallest absolute Gasteiger partial charge is 0.317 e. The average Bonchev–Trinajstić information content (AvgIpc) is 2.71. The Morgan fingerprint density at radius 3 is 2.89 bits per heavy atom. The lowest BCUT2D eigenvalue weighted by molar-refractivity contribution is -0.140. The molecule has 3 rings (SSSR count). The molecule has 0 aromatic heterocycles. The average molecular weight is 391 g/mol. The van der Waals surface area contributed by atoms with Gasteiger partial charge in [-0.1, -0.05) is 26.0 Å². The molecule has 7 heteroatoms. The molecule has 0 spiro atoms. The Bertz CT molecular complexity index is 697. The fourth-order valence-electron chi connectivity index (χ4n) is 3.98. The summed E-state index contributed by atoms with van der Waals surface area (Å²) < 4.78 is 13.7. The Labute approximate surface area is 166 Å². The Balaban J connectivity index is 1.67. The van der Waals surface area contributed by atoms with Crippen molar-refractivity contribution in [3.05, 3.63) is 35.6 Å². The second-order valence-corrected chi connectivity index (χ2v) is 8.17. The van der Waals surface area contributed by atoms with E-state index in [0.29, 0.717) is 38.6 Å². The van der Waals surface area contributed by atoms with Crippen LogP contribution >= 0.6 is 0 Å². The van der Waals surface area contributed by atoms with Crippen LogP contribution in [0.4, 0.5) is 9.18 Å². The van der Waals surface area contributed by atoms with Crippen LogP contribution in [0, 0.1) is 17.7 Å². The normalized spacial score (nSPS) is 23.0. The van der Waals surface area contributed by atoms with Crippen LogP contribution in [0.5, 0.6) is 0 Å². The minimum Gasteiger partial charge on any atom is -0.338 e. The second-order valence-electron chi connectivity index (χ2n) is 8.17. The van der Waals surface area contributed by atoms with Crippen LogP contribution in [0.25, 0.3) is 0 Å². The number of benzene rings is 1. The summed E-state index contributed by atoms with van der Waals surface area (Å²) in [5.74, 6) is -0.0370. The number of carbonyl (C=O) groups excluding carboxylic acids is 2. The SMILES string of the molecule is CC(C)CNC(=O)N1CCCC(C(=O)N2CCNCC2c2cccc(F)c2)C1. The molecule has 1 aromatic rings. The summed E-state index contributed by atoms with van der Waals surface area (Å²) in [6.45, 7) is 7.80. The number of piperazine rings is 1. The quantitative estimate of drug-likeness (QED) is 0.830. The van der Waals surface area contributed by atoms with E-state index in [1.807, 2.05) is 11.0 Å². The highest BCUT2D eigenvalue weighted by Gasteiger charge is 2.35. The van der Waals surface area contributed by atoms with Gasteiger partial charge in [0.2, 0.25) is 5.91 Å². The molecule has 154 valence electrons. The first-order chi connectivity index (χ1) is 13.5. The van der Waals surface area contributed by atoms with Crippen molar-refractivity contribution in [1.82, 2.24) is 20.4 Å². The van der Waals surface area contributed by atoms with Crippen molar-refractivity contribution in [3.63, 3.8) is 0 Å². The Morgan fingerprint density at radius 2 is 2.14 bits per heavy atom. The van der Waals surface area contributed by atoms with E-state index in [-0.39, 0.29) is 29.7 Å². The zero-order chi connectivity index (χ0) is 20.1. The largest absolute Gasteiger partial charge is 0.338 e. The first-order valence-electron chi connectivity index (χ1n) is 10.2. The lowest BCUT2D eigenvalue weighted by Crippen LogP contribution is -2.54. The Morgan fingerprint density at radius 1 is 1.32 bits per heavy atom. The maximum Gasteiger partial charge on any atom is 0.317 e. The van der Waals surface area contributed by atoms with Gasteiger partial charge in [-0.2, -0.15) is 0 Å². The molecule has 2 fully saturated rings. The van der Waals surface area contributed by atoms with E-state index in [1.165, 1.54) is 12.1 Å². The van der Waals surface area contributed by atoms with Gasteiger partial charge in [-0.15, -0.1) is 0 Å². The van der Waals surface area contributed by atoms with Crippen molar-refractivity contribution < 1.29 is 14.0 Å². The number of urea groups is 1. The topological polar surface area (TPSA) is 64.7 Å². The first-order valence-corrected chi connectivity index (χ1v) is 10.2. The molecule has 0 bridgehead atoms. The van der Waals surface area contributed by atoms with Gasteiger partial charge in [0.1, 0.15) is 5.82 Å². The molecule has 2 aliphatic heterocycles. The van der Waals surface area contributed by atoms with Crippen molar-refractivity contribution in [1.29, 1.82) is 0 Å². The monoisotopic (exact) mass is 390 g/mol. The van der Waals surface area contributed by atoms with Crippen LogP contribution in [0.15, 0.2) is 24.3 Å². The van der Waals surface area contributed by atoms with Crippen LogP contribution in [0.2, 0.25) is 0 Å². The number of carbonyl (C=O) groups is 2. The number of nitrogens with one attached hydrogen (secondary N) is 2. The maximum atomic E-state index is 13.7. The lowest BCUT2D eigenvalue weighted by atomic mass is 9.94. The molecule has 2 aliphatic rings. The number of halogens is 1. The van der Waals surface area contributed by atoms with E-state index < -0.39 is 0 Å². The Hall–Kier alpha value is -2.15. The highest BCUT2D eigenvalue weighted by Crippen LogP contribution is 2.27. The van der Waals surface area contributed by atoms with Gasteiger partial charge in [0.25, 0.3) is 0 Å². The van der Waals surface area contributed by atoms with Gasteiger partial charge in [0, 0.05) is 39.3 Å². The summed E-state index contributed by atoms with van der Waals surface area (Å²) in [5.41, 5.74) is 0.808. The molecule has 0 radical (unpaired) electrons. The van der Waals surface area contributed by atoms with Crippen LogP contribution in [-0.4, -0.2) is 61.0 Å². The number of piperidine rings is 1. The van der Waals surface area contributed by atoms with Gasteiger partial charge >= 0.3 is 6.03 Å². The molecular weight excluding hydrogens is 359 g/mol. The predicted molar refractivity (Wildman–Crippen MR) is 106 cm³/mol. The summed E-state index contributed by atoms with van der Waals surface area (Å²) in [4.78, 5) is 29.3.